The summed E-state index contributed by atoms with van der Waals surface area (Å²) in [5, 5.41) is 9.77. The molecule has 0 bridgehead atoms. The first-order valence-corrected chi connectivity index (χ1v) is 9.08. The maximum Gasteiger partial charge on any atom is 0.254 e. The Hall–Kier alpha value is -2.57. The van der Waals surface area contributed by atoms with Gasteiger partial charge in [0.25, 0.3) is 5.91 Å². The van der Waals surface area contributed by atoms with Gasteiger partial charge in [-0.1, -0.05) is 30.3 Å². The van der Waals surface area contributed by atoms with Gasteiger partial charge in [-0.2, -0.15) is 0 Å². The molecule has 6 heteroatoms. The van der Waals surface area contributed by atoms with Crippen molar-refractivity contribution >= 4 is 5.91 Å². The van der Waals surface area contributed by atoms with E-state index in [1.807, 2.05) is 37.3 Å². The van der Waals surface area contributed by atoms with Gasteiger partial charge in [0.1, 0.15) is 6.10 Å². The number of amides is 1. The van der Waals surface area contributed by atoms with Gasteiger partial charge in [-0.3, -0.25) is 4.79 Å². The third kappa shape index (κ3) is 4.07. The number of aliphatic hydroxyl groups is 1. The fraction of sp³-hybridized carbons (Fsp3) is 0.381. The molecular weight excluding hydrogens is 346 g/mol. The minimum atomic E-state index is -0.463. The number of aliphatic hydroxyl groups excluding tert-OH is 1. The van der Waals surface area contributed by atoms with Gasteiger partial charge in [0.2, 0.25) is 0 Å². The summed E-state index contributed by atoms with van der Waals surface area (Å²) in [6, 6.07) is 14.5. The normalized spacial score (nSPS) is 19.6. The molecule has 0 radical (unpaired) electrons. The quantitative estimate of drug-likeness (QED) is 0.846. The van der Waals surface area contributed by atoms with Crippen molar-refractivity contribution in [2.45, 2.75) is 19.1 Å². The number of morpholine rings is 1. The first kappa shape index (κ1) is 19.2. The maximum absolute atomic E-state index is 13.3. The van der Waals surface area contributed by atoms with E-state index in [9.17, 15) is 9.90 Å². The first-order chi connectivity index (χ1) is 13.2. The van der Waals surface area contributed by atoms with Gasteiger partial charge in [-0.25, -0.2) is 0 Å². The Balaban J connectivity index is 1.93. The molecule has 1 heterocycles. The number of hydrogen-bond donors (Lipinski definition) is 1. The highest BCUT2D eigenvalue weighted by Gasteiger charge is 2.36. The van der Waals surface area contributed by atoms with Crippen LogP contribution in [0.25, 0.3) is 0 Å². The zero-order valence-electron chi connectivity index (χ0n) is 15.6. The van der Waals surface area contributed by atoms with E-state index < -0.39 is 6.10 Å². The molecular formula is C21H25NO5. The summed E-state index contributed by atoms with van der Waals surface area (Å²) >= 11 is 0. The van der Waals surface area contributed by atoms with E-state index in [1.165, 1.54) is 0 Å². The molecule has 0 aromatic heterocycles. The van der Waals surface area contributed by atoms with Crippen LogP contribution in [-0.4, -0.2) is 55.5 Å². The third-order valence-corrected chi connectivity index (χ3v) is 4.64. The number of hydrogen-bond acceptors (Lipinski definition) is 5. The lowest BCUT2D eigenvalue weighted by Crippen LogP contribution is -2.49. The van der Waals surface area contributed by atoms with E-state index in [1.54, 1.807) is 30.2 Å². The van der Waals surface area contributed by atoms with Gasteiger partial charge < -0.3 is 24.2 Å². The molecule has 1 amide bonds. The molecule has 2 atom stereocenters. The molecule has 1 saturated heterocycles. The van der Waals surface area contributed by atoms with Crippen molar-refractivity contribution in [3.8, 4) is 11.5 Å². The fourth-order valence-electron chi connectivity index (χ4n) is 3.40. The number of carbonyl (C=O) groups excluding carboxylic acids is 1. The Kier molecular flexibility index (Phi) is 6.32. The minimum Gasteiger partial charge on any atom is -0.493 e. The zero-order chi connectivity index (χ0) is 19.2. The van der Waals surface area contributed by atoms with Gasteiger partial charge in [0, 0.05) is 12.1 Å². The SMILES string of the molecule is CCOc1ccc(C(=O)N2CCO[C@H](CO)[C@H]2c2ccccc2)cc1OC. The second-order valence-corrected chi connectivity index (χ2v) is 6.24. The van der Waals surface area contributed by atoms with Crippen molar-refractivity contribution in [3.63, 3.8) is 0 Å². The van der Waals surface area contributed by atoms with Crippen molar-refractivity contribution in [1.82, 2.24) is 4.90 Å². The van der Waals surface area contributed by atoms with Crippen LogP contribution in [0.2, 0.25) is 0 Å². The molecule has 6 nitrogen and oxygen atoms in total. The van der Waals surface area contributed by atoms with Crippen LogP contribution < -0.4 is 9.47 Å². The van der Waals surface area contributed by atoms with E-state index in [0.29, 0.717) is 36.8 Å². The first-order valence-electron chi connectivity index (χ1n) is 9.08. The molecule has 1 fully saturated rings. The van der Waals surface area contributed by atoms with E-state index in [2.05, 4.69) is 0 Å². The lowest BCUT2D eigenvalue weighted by atomic mass is 9.97. The largest absolute Gasteiger partial charge is 0.493 e. The predicted octanol–water partition coefficient (Wildman–Crippen LogP) is 2.67. The fourth-order valence-corrected chi connectivity index (χ4v) is 3.40. The van der Waals surface area contributed by atoms with Crippen LogP contribution in [0.5, 0.6) is 11.5 Å². The van der Waals surface area contributed by atoms with E-state index >= 15 is 0 Å². The average molecular weight is 371 g/mol. The average Bonchev–Trinajstić information content (AvgIpc) is 2.73. The van der Waals surface area contributed by atoms with Crippen LogP contribution >= 0.6 is 0 Å². The number of benzene rings is 2. The highest BCUT2D eigenvalue weighted by atomic mass is 16.5. The predicted molar refractivity (Wildman–Crippen MR) is 101 cm³/mol. The summed E-state index contributed by atoms with van der Waals surface area (Å²) in [6.45, 7) is 3.09. The summed E-state index contributed by atoms with van der Waals surface area (Å²) in [6.07, 6.45) is -0.463. The second-order valence-electron chi connectivity index (χ2n) is 6.24. The highest BCUT2D eigenvalue weighted by molar-refractivity contribution is 5.95. The van der Waals surface area contributed by atoms with Crippen LogP contribution in [0, 0.1) is 0 Å². The number of ether oxygens (including phenoxy) is 3. The molecule has 144 valence electrons. The summed E-state index contributed by atoms with van der Waals surface area (Å²) in [7, 11) is 1.55. The van der Waals surface area contributed by atoms with Gasteiger partial charge in [0.05, 0.1) is 33.0 Å². The van der Waals surface area contributed by atoms with Gasteiger partial charge in [0.15, 0.2) is 11.5 Å². The molecule has 1 aliphatic rings. The number of nitrogens with zero attached hydrogens (tertiary/aromatic N) is 1. The summed E-state index contributed by atoms with van der Waals surface area (Å²) < 4.78 is 16.6. The van der Waals surface area contributed by atoms with Crippen LogP contribution in [0.1, 0.15) is 28.9 Å². The summed E-state index contributed by atoms with van der Waals surface area (Å²) in [5.41, 5.74) is 1.44. The number of carbonyl (C=O) groups is 1. The number of methoxy groups -OCH3 is 1. The Morgan fingerprint density at radius 2 is 2.00 bits per heavy atom. The smallest absolute Gasteiger partial charge is 0.254 e. The Morgan fingerprint density at radius 3 is 2.67 bits per heavy atom. The minimum absolute atomic E-state index is 0.132. The molecule has 3 rings (SSSR count). The summed E-state index contributed by atoms with van der Waals surface area (Å²) in [4.78, 5) is 15.0. The lowest BCUT2D eigenvalue weighted by molar-refractivity contribution is -0.0811. The maximum atomic E-state index is 13.3. The molecule has 0 unspecified atom stereocenters. The van der Waals surface area contributed by atoms with Crippen molar-refractivity contribution in [1.29, 1.82) is 0 Å². The van der Waals surface area contributed by atoms with Crippen molar-refractivity contribution < 1.29 is 24.1 Å². The molecule has 2 aromatic carbocycles. The van der Waals surface area contributed by atoms with Crippen molar-refractivity contribution in [2.24, 2.45) is 0 Å². The summed E-state index contributed by atoms with van der Waals surface area (Å²) in [5.74, 6) is 0.990. The standard InChI is InChI=1S/C21H25NO5/c1-3-26-17-10-9-16(13-18(17)25-2)21(24)22-11-12-27-19(14-23)20(22)15-7-5-4-6-8-15/h4-10,13,19-20,23H,3,11-12,14H2,1-2H3/t19-,20-/m1/s1. The monoisotopic (exact) mass is 371 g/mol. The Labute approximate surface area is 159 Å². The molecule has 1 aliphatic heterocycles. The van der Waals surface area contributed by atoms with Gasteiger partial charge in [-0.15, -0.1) is 0 Å². The zero-order valence-corrected chi connectivity index (χ0v) is 15.6. The van der Waals surface area contributed by atoms with Crippen LogP contribution in [0.4, 0.5) is 0 Å². The van der Waals surface area contributed by atoms with Crippen LogP contribution in [0.3, 0.4) is 0 Å². The van der Waals surface area contributed by atoms with E-state index in [-0.39, 0.29) is 18.6 Å². The van der Waals surface area contributed by atoms with E-state index in [4.69, 9.17) is 14.2 Å². The molecule has 0 aliphatic carbocycles. The third-order valence-electron chi connectivity index (χ3n) is 4.64. The Bertz CT molecular complexity index is 764. The van der Waals surface area contributed by atoms with E-state index in [0.717, 1.165) is 5.56 Å². The molecule has 1 N–H and O–H groups in total. The molecule has 27 heavy (non-hydrogen) atoms. The highest BCUT2D eigenvalue weighted by Crippen LogP contribution is 2.33. The van der Waals surface area contributed by atoms with Crippen molar-refractivity contribution in [2.75, 3.05) is 33.5 Å². The second kappa shape index (κ2) is 8.88. The Morgan fingerprint density at radius 1 is 1.22 bits per heavy atom. The lowest BCUT2D eigenvalue weighted by Gasteiger charge is -2.41. The topological polar surface area (TPSA) is 68.2 Å². The molecule has 2 aromatic rings. The number of rotatable bonds is 6. The van der Waals surface area contributed by atoms with Gasteiger partial charge in [-0.05, 0) is 30.7 Å². The molecule has 0 saturated carbocycles. The van der Waals surface area contributed by atoms with Gasteiger partial charge >= 0.3 is 0 Å². The van der Waals surface area contributed by atoms with Crippen LogP contribution in [0.15, 0.2) is 48.5 Å². The molecule has 0 spiro atoms. The van der Waals surface area contributed by atoms with Crippen LogP contribution in [-0.2, 0) is 4.74 Å². The van der Waals surface area contributed by atoms with Crippen molar-refractivity contribution in [3.05, 3.63) is 59.7 Å².